The van der Waals surface area contributed by atoms with Crippen molar-refractivity contribution >= 4 is 23.5 Å². The molecular formula is C27H46N4O4. The van der Waals surface area contributed by atoms with Gasteiger partial charge in [-0.3, -0.25) is 19.2 Å². The van der Waals surface area contributed by atoms with Gasteiger partial charge in [0, 0.05) is 6.54 Å². The van der Waals surface area contributed by atoms with Gasteiger partial charge in [0.25, 0.3) is 5.91 Å². The first kappa shape index (κ1) is 27.6. The van der Waals surface area contributed by atoms with Gasteiger partial charge in [0.05, 0.1) is 12.1 Å². The van der Waals surface area contributed by atoms with E-state index in [4.69, 9.17) is 11.5 Å². The Kier molecular flexibility index (Phi) is 7.76. The van der Waals surface area contributed by atoms with Crippen LogP contribution in [0.5, 0.6) is 0 Å². The number of hydrogen-bond acceptors (Lipinski definition) is 5. The van der Waals surface area contributed by atoms with Crippen LogP contribution < -0.4 is 16.8 Å². The molecule has 0 bridgehead atoms. The number of ketones is 1. The molecule has 2 aliphatic carbocycles. The summed E-state index contributed by atoms with van der Waals surface area (Å²) in [5, 5.41) is 2.84. The highest BCUT2D eigenvalue weighted by Crippen LogP contribution is 2.62. The van der Waals surface area contributed by atoms with Gasteiger partial charge in [-0.2, -0.15) is 0 Å². The number of amides is 3. The fraction of sp³-hybridized carbons (Fsp3) is 0.852. The summed E-state index contributed by atoms with van der Waals surface area (Å²) in [4.78, 5) is 53.4. The highest BCUT2D eigenvalue weighted by molar-refractivity contribution is 6.37. The van der Waals surface area contributed by atoms with Crippen LogP contribution in [-0.2, 0) is 19.2 Å². The molecule has 0 aromatic carbocycles. The summed E-state index contributed by atoms with van der Waals surface area (Å²) in [6.07, 6.45) is 7.24. The van der Waals surface area contributed by atoms with E-state index in [1.54, 1.807) is 4.90 Å². The van der Waals surface area contributed by atoms with Crippen molar-refractivity contribution < 1.29 is 19.2 Å². The van der Waals surface area contributed by atoms with E-state index in [1.807, 2.05) is 20.8 Å². The number of nitrogens with zero attached hydrogens (tertiary/aromatic N) is 1. The smallest absolute Gasteiger partial charge is 0.287 e. The van der Waals surface area contributed by atoms with Crippen molar-refractivity contribution in [1.82, 2.24) is 10.2 Å². The van der Waals surface area contributed by atoms with Crippen LogP contribution in [0.15, 0.2) is 0 Å². The average molecular weight is 491 g/mol. The lowest BCUT2D eigenvalue weighted by molar-refractivity contribution is -0.143. The molecule has 8 nitrogen and oxygen atoms in total. The molecule has 3 fully saturated rings. The number of carbonyl (C=O) groups excluding carboxylic acids is 4. The molecule has 1 heterocycles. The first-order valence-corrected chi connectivity index (χ1v) is 13.3. The SMILES string of the molecule is CC(C)[C@@]1(C2(C)CCC2)C[C@@H](C(=O)NC(CC2CCC2)C(=O)C(N)=O)N(C(=O)[C@@H](N)C(C)(C)C)C1. The van der Waals surface area contributed by atoms with Gasteiger partial charge in [-0.1, -0.05) is 67.2 Å². The number of nitrogens with one attached hydrogen (secondary N) is 1. The van der Waals surface area contributed by atoms with Gasteiger partial charge in [0.15, 0.2) is 0 Å². The summed E-state index contributed by atoms with van der Waals surface area (Å²) >= 11 is 0. The van der Waals surface area contributed by atoms with E-state index < -0.39 is 35.2 Å². The second-order valence-corrected chi connectivity index (χ2v) is 13.1. The maximum Gasteiger partial charge on any atom is 0.287 e. The van der Waals surface area contributed by atoms with Crippen molar-refractivity contribution in [3.8, 4) is 0 Å². The quantitative estimate of drug-likeness (QED) is 0.427. The lowest BCUT2D eigenvalue weighted by Gasteiger charge is -2.55. The van der Waals surface area contributed by atoms with Crippen molar-refractivity contribution in [1.29, 1.82) is 0 Å². The van der Waals surface area contributed by atoms with Gasteiger partial charge in [-0.05, 0) is 53.8 Å². The van der Waals surface area contributed by atoms with Gasteiger partial charge in [0.2, 0.25) is 17.6 Å². The van der Waals surface area contributed by atoms with E-state index in [2.05, 4.69) is 26.1 Å². The zero-order chi connectivity index (χ0) is 26.3. The van der Waals surface area contributed by atoms with Gasteiger partial charge >= 0.3 is 0 Å². The van der Waals surface area contributed by atoms with Crippen LogP contribution in [-0.4, -0.2) is 53.1 Å². The molecule has 2 saturated carbocycles. The Bertz CT molecular complexity index is 856. The standard InChI is InChI=1S/C27H46N4O4/c1-16(2)27(26(6)11-8-12-26)14-19(31(15-27)24(35)21(28)25(3,4)5)23(34)30-18(20(32)22(29)33)13-17-9-7-10-17/h16-19,21H,7-15,28H2,1-6H3,(H2,29,33)(H,30,34)/t18?,19-,21+,27+/m0/s1. The fourth-order valence-corrected chi connectivity index (χ4v) is 6.44. The number of nitrogens with two attached hydrogens (primary N) is 2. The Hall–Kier alpha value is -1.96. The predicted molar refractivity (Wildman–Crippen MR) is 135 cm³/mol. The van der Waals surface area contributed by atoms with E-state index in [0.29, 0.717) is 25.3 Å². The van der Waals surface area contributed by atoms with Crippen LogP contribution in [0.1, 0.15) is 92.9 Å². The Balaban J connectivity index is 1.92. The first-order chi connectivity index (χ1) is 16.1. The van der Waals surface area contributed by atoms with Crippen molar-refractivity contribution in [2.24, 2.45) is 39.5 Å². The van der Waals surface area contributed by atoms with Gasteiger partial charge in [0.1, 0.15) is 6.04 Å². The number of likely N-dealkylation sites (tertiary alicyclic amines) is 1. The third kappa shape index (κ3) is 5.13. The van der Waals surface area contributed by atoms with Crippen LogP contribution in [0.25, 0.3) is 0 Å². The average Bonchev–Trinajstić information content (AvgIpc) is 3.13. The number of hydrogen-bond donors (Lipinski definition) is 3. The molecule has 1 saturated heterocycles. The highest BCUT2D eigenvalue weighted by atomic mass is 16.2. The van der Waals surface area contributed by atoms with E-state index >= 15 is 0 Å². The third-order valence-electron chi connectivity index (χ3n) is 9.61. The molecule has 35 heavy (non-hydrogen) atoms. The van der Waals surface area contributed by atoms with Crippen molar-refractivity contribution in [2.45, 2.75) is 111 Å². The molecule has 0 aromatic heterocycles. The largest absolute Gasteiger partial charge is 0.363 e. The van der Waals surface area contributed by atoms with E-state index in [9.17, 15) is 19.2 Å². The molecule has 0 spiro atoms. The zero-order valence-electron chi connectivity index (χ0n) is 22.5. The second-order valence-electron chi connectivity index (χ2n) is 13.1. The van der Waals surface area contributed by atoms with Crippen LogP contribution in [0.4, 0.5) is 0 Å². The van der Waals surface area contributed by atoms with Crippen molar-refractivity contribution in [2.75, 3.05) is 6.54 Å². The van der Waals surface area contributed by atoms with E-state index in [0.717, 1.165) is 38.5 Å². The van der Waals surface area contributed by atoms with Crippen LogP contribution >= 0.6 is 0 Å². The molecule has 3 rings (SSSR count). The number of Topliss-reactive ketones (excluding diaryl/α,β-unsaturated/α-hetero) is 1. The summed E-state index contributed by atoms with van der Waals surface area (Å²) in [6.45, 7) is 12.9. The Morgan fingerprint density at radius 3 is 2.09 bits per heavy atom. The minimum absolute atomic E-state index is 0.0366. The number of rotatable bonds is 9. The topological polar surface area (TPSA) is 136 Å². The van der Waals surface area contributed by atoms with Crippen molar-refractivity contribution in [3.63, 3.8) is 0 Å². The Labute approximate surface area is 210 Å². The lowest BCUT2D eigenvalue weighted by atomic mass is 9.49. The van der Waals surface area contributed by atoms with Gasteiger partial charge in [-0.15, -0.1) is 0 Å². The maximum atomic E-state index is 13.8. The molecule has 4 atom stereocenters. The predicted octanol–water partition coefficient (Wildman–Crippen LogP) is 2.52. The molecule has 3 aliphatic rings. The molecule has 198 valence electrons. The lowest BCUT2D eigenvalue weighted by Crippen LogP contribution is -2.57. The van der Waals surface area contributed by atoms with Crippen LogP contribution in [0, 0.1) is 28.1 Å². The number of primary amides is 1. The minimum atomic E-state index is -1.04. The summed E-state index contributed by atoms with van der Waals surface area (Å²) in [6, 6.07) is -2.44. The van der Waals surface area contributed by atoms with Crippen LogP contribution in [0.2, 0.25) is 0 Å². The number of carbonyl (C=O) groups is 4. The Morgan fingerprint density at radius 1 is 1.09 bits per heavy atom. The zero-order valence-corrected chi connectivity index (χ0v) is 22.5. The molecule has 0 radical (unpaired) electrons. The van der Waals surface area contributed by atoms with E-state index in [1.165, 1.54) is 0 Å². The monoisotopic (exact) mass is 490 g/mol. The second kappa shape index (κ2) is 9.83. The summed E-state index contributed by atoms with van der Waals surface area (Å²) < 4.78 is 0. The van der Waals surface area contributed by atoms with Crippen molar-refractivity contribution in [3.05, 3.63) is 0 Å². The molecule has 8 heteroatoms. The highest BCUT2D eigenvalue weighted by Gasteiger charge is 2.61. The Morgan fingerprint density at radius 2 is 1.69 bits per heavy atom. The minimum Gasteiger partial charge on any atom is -0.363 e. The molecular weight excluding hydrogens is 444 g/mol. The van der Waals surface area contributed by atoms with Crippen LogP contribution in [0.3, 0.4) is 0 Å². The normalized spacial score (nSPS) is 28.1. The molecule has 0 aromatic rings. The molecule has 1 aliphatic heterocycles. The maximum absolute atomic E-state index is 13.8. The van der Waals surface area contributed by atoms with Gasteiger partial charge in [-0.25, -0.2) is 0 Å². The summed E-state index contributed by atoms with van der Waals surface area (Å²) in [7, 11) is 0. The van der Waals surface area contributed by atoms with Gasteiger partial charge < -0.3 is 21.7 Å². The fourth-order valence-electron chi connectivity index (χ4n) is 6.44. The molecule has 5 N–H and O–H groups in total. The molecule has 3 amide bonds. The summed E-state index contributed by atoms with van der Waals surface area (Å²) in [5.41, 5.74) is 11.1. The summed E-state index contributed by atoms with van der Waals surface area (Å²) in [5.74, 6) is -1.88. The van der Waals surface area contributed by atoms with E-state index in [-0.39, 0.29) is 28.6 Å². The third-order valence-corrected chi connectivity index (χ3v) is 9.61. The first-order valence-electron chi connectivity index (χ1n) is 13.3. The molecule has 1 unspecified atom stereocenters.